The van der Waals surface area contributed by atoms with E-state index in [0.717, 1.165) is 17.8 Å². The number of amides is 2. The molecule has 0 radical (unpaired) electrons. The fourth-order valence-corrected chi connectivity index (χ4v) is 4.44. The zero-order valence-electron chi connectivity index (χ0n) is 15.4. The second-order valence-corrected chi connectivity index (χ2v) is 7.22. The molecule has 2 aliphatic heterocycles. The molecule has 4 rings (SSSR count). The number of aromatic hydroxyl groups is 1. The van der Waals surface area contributed by atoms with E-state index in [-0.39, 0.29) is 17.6 Å². The van der Waals surface area contributed by atoms with Crippen molar-refractivity contribution in [3.8, 4) is 5.75 Å². The Morgan fingerprint density at radius 3 is 2.67 bits per heavy atom. The van der Waals surface area contributed by atoms with Crippen LogP contribution in [0.4, 0.5) is 0 Å². The first-order valence-corrected chi connectivity index (χ1v) is 9.47. The van der Waals surface area contributed by atoms with Crippen molar-refractivity contribution in [1.29, 1.82) is 0 Å². The highest BCUT2D eigenvalue weighted by atomic mass is 16.3. The van der Waals surface area contributed by atoms with Crippen LogP contribution in [0.25, 0.3) is 0 Å². The highest BCUT2D eigenvalue weighted by Gasteiger charge is 2.48. The number of piperidine rings is 1. The Kier molecular flexibility index (Phi) is 4.37. The van der Waals surface area contributed by atoms with Crippen molar-refractivity contribution in [3.63, 3.8) is 0 Å². The zero-order valence-corrected chi connectivity index (χ0v) is 15.4. The maximum absolute atomic E-state index is 12.8. The Bertz CT molecular complexity index is 868. The van der Waals surface area contributed by atoms with Crippen molar-refractivity contribution >= 4 is 11.8 Å². The molecule has 2 aliphatic rings. The number of likely N-dealkylation sites (tertiary alicyclic amines) is 1. The lowest BCUT2D eigenvalue weighted by Gasteiger charge is -2.50. The molecule has 3 heterocycles. The van der Waals surface area contributed by atoms with Gasteiger partial charge in [-0.1, -0.05) is 19.1 Å². The lowest BCUT2D eigenvalue weighted by Crippen LogP contribution is -2.58. The van der Waals surface area contributed by atoms with E-state index in [9.17, 15) is 14.7 Å². The van der Waals surface area contributed by atoms with E-state index in [1.807, 2.05) is 11.8 Å². The summed E-state index contributed by atoms with van der Waals surface area (Å²) in [5.74, 6) is -0.0451. The third-order valence-corrected chi connectivity index (χ3v) is 5.88. The summed E-state index contributed by atoms with van der Waals surface area (Å²) in [6.45, 7) is 3.60. The molecule has 0 saturated carbocycles. The summed E-state index contributed by atoms with van der Waals surface area (Å²) in [6.07, 6.45) is 4.24. The molecule has 27 heavy (non-hydrogen) atoms. The van der Waals surface area contributed by atoms with E-state index in [2.05, 4.69) is 9.97 Å². The third kappa shape index (κ3) is 2.78. The van der Waals surface area contributed by atoms with E-state index >= 15 is 0 Å². The van der Waals surface area contributed by atoms with Crippen molar-refractivity contribution in [3.05, 3.63) is 47.5 Å². The quantitative estimate of drug-likeness (QED) is 0.849. The van der Waals surface area contributed by atoms with Crippen molar-refractivity contribution in [1.82, 2.24) is 19.8 Å². The molecule has 1 saturated heterocycles. The van der Waals surface area contributed by atoms with Crippen LogP contribution >= 0.6 is 0 Å². The maximum atomic E-state index is 12.8. The minimum atomic E-state index is -0.448. The van der Waals surface area contributed by atoms with Gasteiger partial charge in [-0.05, 0) is 25.0 Å². The molecule has 142 valence electrons. The first-order valence-electron chi connectivity index (χ1n) is 9.47. The standard InChI is InChI=1S/C20H24N4O3/c1-2-17(26)24-10-7-15-18(22-13-21-15)20(24)8-11-23(12-9-20)19(27)14-5-3-4-6-16(14)25/h3-6,13,25H,2,7-12H2,1H3,(H,21,22). The molecule has 7 heteroatoms. The van der Waals surface area contributed by atoms with Crippen molar-refractivity contribution in [2.45, 2.75) is 38.1 Å². The van der Waals surface area contributed by atoms with Crippen molar-refractivity contribution < 1.29 is 14.7 Å². The number of hydrogen-bond donors (Lipinski definition) is 2. The van der Waals surface area contributed by atoms with Crippen LogP contribution in [0.2, 0.25) is 0 Å². The first-order chi connectivity index (χ1) is 13.1. The highest BCUT2D eigenvalue weighted by Crippen LogP contribution is 2.42. The van der Waals surface area contributed by atoms with Crippen molar-refractivity contribution in [2.75, 3.05) is 19.6 Å². The minimum Gasteiger partial charge on any atom is -0.507 e. The normalized spacial score (nSPS) is 18.4. The van der Waals surface area contributed by atoms with Gasteiger partial charge in [-0.25, -0.2) is 4.98 Å². The van der Waals surface area contributed by atoms with Crippen LogP contribution in [0.3, 0.4) is 0 Å². The van der Waals surface area contributed by atoms with Gasteiger partial charge in [-0.2, -0.15) is 0 Å². The number of nitrogens with one attached hydrogen (secondary N) is 1. The number of benzene rings is 1. The van der Waals surface area contributed by atoms with E-state index in [1.165, 1.54) is 6.07 Å². The van der Waals surface area contributed by atoms with Gasteiger partial charge in [0.05, 0.1) is 23.1 Å². The SMILES string of the molecule is CCC(=O)N1CCc2[nH]cnc2C12CCN(C(=O)c1ccccc1O)CC2. The number of rotatable bonds is 2. The van der Waals surface area contributed by atoms with Crippen LogP contribution in [0.5, 0.6) is 5.75 Å². The number of H-pyrrole nitrogens is 1. The summed E-state index contributed by atoms with van der Waals surface area (Å²) in [6, 6.07) is 6.61. The average Bonchev–Trinajstić information content (AvgIpc) is 3.18. The second kappa shape index (κ2) is 6.72. The van der Waals surface area contributed by atoms with E-state index < -0.39 is 5.54 Å². The predicted octanol–water partition coefficient (Wildman–Crippen LogP) is 2.04. The van der Waals surface area contributed by atoms with Gasteiger partial charge in [0.2, 0.25) is 5.91 Å². The topological polar surface area (TPSA) is 89.5 Å². The Morgan fingerprint density at radius 2 is 1.96 bits per heavy atom. The monoisotopic (exact) mass is 368 g/mol. The Balaban J connectivity index is 1.60. The second-order valence-electron chi connectivity index (χ2n) is 7.22. The van der Waals surface area contributed by atoms with Gasteiger partial charge in [0.15, 0.2) is 0 Å². The van der Waals surface area contributed by atoms with E-state index in [1.54, 1.807) is 29.4 Å². The number of aromatic nitrogens is 2. The Morgan fingerprint density at radius 1 is 1.22 bits per heavy atom. The number of carbonyl (C=O) groups is 2. The molecule has 1 spiro atoms. The zero-order chi connectivity index (χ0) is 19.0. The number of fused-ring (bicyclic) bond motifs is 2. The number of para-hydroxylation sites is 1. The van der Waals surface area contributed by atoms with Gasteiger partial charge in [0, 0.05) is 38.2 Å². The number of nitrogens with zero attached hydrogens (tertiary/aromatic N) is 3. The molecule has 0 atom stereocenters. The number of aromatic amines is 1. The van der Waals surface area contributed by atoms with Crippen molar-refractivity contribution in [2.24, 2.45) is 0 Å². The summed E-state index contributed by atoms with van der Waals surface area (Å²) in [7, 11) is 0. The molecular weight excluding hydrogens is 344 g/mol. The largest absolute Gasteiger partial charge is 0.507 e. The summed E-state index contributed by atoms with van der Waals surface area (Å²) in [4.78, 5) is 36.9. The Hall–Kier alpha value is -2.83. The van der Waals surface area contributed by atoms with Crippen LogP contribution in [-0.2, 0) is 16.8 Å². The molecule has 1 fully saturated rings. The average molecular weight is 368 g/mol. The maximum Gasteiger partial charge on any atom is 0.257 e. The van der Waals surface area contributed by atoms with Crippen LogP contribution in [0, 0.1) is 0 Å². The number of phenols is 1. The summed E-state index contributed by atoms with van der Waals surface area (Å²) in [5.41, 5.74) is 1.91. The van der Waals surface area contributed by atoms with Crippen LogP contribution in [-0.4, -0.2) is 56.3 Å². The molecule has 2 N–H and O–H groups in total. The highest BCUT2D eigenvalue weighted by molar-refractivity contribution is 5.96. The lowest BCUT2D eigenvalue weighted by atomic mass is 9.78. The molecule has 2 aromatic rings. The first kappa shape index (κ1) is 17.6. The third-order valence-electron chi connectivity index (χ3n) is 5.88. The minimum absolute atomic E-state index is 0.00201. The molecule has 1 aromatic carbocycles. The van der Waals surface area contributed by atoms with Gasteiger partial charge >= 0.3 is 0 Å². The van der Waals surface area contributed by atoms with Crippen LogP contribution in [0.1, 0.15) is 47.9 Å². The molecule has 0 bridgehead atoms. The van der Waals surface area contributed by atoms with Gasteiger partial charge in [-0.15, -0.1) is 0 Å². The molecular formula is C20H24N4O3. The molecule has 2 amide bonds. The molecule has 0 unspecified atom stereocenters. The predicted molar refractivity (Wildman–Crippen MR) is 99.2 cm³/mol. The van der Waals surface area contributed by atoms with Gasteiger partial charge in [-0.3, -0.25) is 9.59 Å². The lowest BCUT2D eigenvalue weighted by molar-refractivity contribution is -0.141. The molecule has 7 nitrogen and oxygen atoms in total. The number of phenolic OH excluding ortho intramolecular Hbond substituents is 1. The smallest absolute Gasteiger partial charge is 0.257 e. The summed E-state index contributed by atoms with van der Waals surface area (Å²) < 4.78 is 0. The van der Waals surface area contributed by atoms with Crippen LogP contribution in [0.15, 0.2) is 30.6 Å². The van der Waals surface area contributed by atoms with Gasteiger partial charge < -0.3 is 19.9 Å². The van der Waals surface area contributed by atoms with Gasteiger partial charge in [0.1, 0.15) is 5.75 Å². The van der Waals surface area contributed by atoms with Crippen LogP contribution < -0.4 is 0 Å². The number of carbonyl (C=O) groups excluding carboxylic acids is 2. The van der Waals surface area contributed by atoms with E-state index in [0.29, 0.717) is 44.5 Å². The summed E-state index contributed by atoms with van der Waals surface area (Å²) >= 11 is 0. The summed E-state index contributed by atoms with van der Waals surface area (Å²) in [5, 5.41) is 9.99. The van der Waals surface area contributed by atoms with Gasteiger partial charge in [0.25, 0.3) is 5.91 Å². The molecule has 0 aliphatic carbocycles. The molecule has 1 aromatic heterocycles. The fraction of sp³-hybridized carbons (Fsp3) is 0.450. The van der Waals surface area contributed by atoms with E-state index in [4.69, 9.17) is 0 Å². The Labute approximate surface area is 158 Å². The number of imidazole rings is 1. The fourth-order valence-electron chi connectivity index (χ4n) is 4.44. The number of hydrogen-bond acceptors (Lipinski definition) is 4.